The zero-order valence-corrected chi connectivity index (χ0v) is 11.9. The third-order valence-corrected chi connectivity index (χ3v) is 3.45. The molecule has 1 aliphatic heterocycles. The first-order valence-corrected chi connectivity index (χ1v) is 6.83. The van der Waals surface area contributed by atoms with Crippen LogP contribution in [0.25, 0.3) is 0 Å². The maximum absolute atomic E-state index is 5.42. The van der Waals surface area contributed by atoms with Crippen molar-refractivity contribution in [1.29, 1.82) is 0 Å². The molecular weight excluding hydrogens is 224 g/mol. The molecule has 100 valence electrons. The topological polar surface area (TPSA) is 25.4 Å². The van der Waals surface area contributed by atoms with Crippen molar-refractivity contribution in [3.63, 3.8) is 0 Å². The van der Waals surface area contributed by atoms with Gasteiger partial charge in [0, 0.05) is 25.9 Å². The standard InChI is InChI=1S/C15H24N2O/c1-11(2)7-13-8-12(3)16-15(9-13)17-6-5-14(10-17)18-4/h8-9,11,14H,5-7,10H2,1-4H3/t14-/m0/s1. The van der Waals surface area contributed by atoms with Crippen LogP contribution in [0.1, 0.15) is 31.5 Å². The Morgan fingerprint density at radius 2 is 2.22 bits per heavy atom. The Morgan fingerprint density at radius 3 is 2.83 bits per heavy atom. The van der Waals surface area contributed by atoms with Crippen LogP contribution in [-0.2, 0) is 11.2 Å². The highest BCUT2D eigenvalue weighted by Gasteiger charge is 2.23. The molecule has 0 aliphatic carbocycles. The highest BCUT2D eigenvalue weighted by atomic mass is 16.5. The molecule has 1 fully saturated rings. The molecule has 1 saturated heterocycles. The summed E-state index contributed by atoms with van der Waals surface area (Å²) >= 11 is 0. The van der Waals surface area contributed by atoms with Gasteiger partial charge in [-0.15, -0.1) is 0 Å². The number of hydrogen-bond acceptors (Lipinski definition) is 3. The molecule has 0 bridgehead atoms. The van der Waals surface area contributed by atoms with Crippen LogP contribution < -0.4 is 4.90 Å². The monoisotopic (exact) mass is 248 g/mol. The predicted molar refractivity (Wildman–Crippen MR) is 75.1 cm³/mol. The molecule has 1 atom stereocenters. The Hall–Kier alpha value is -1.09. The SMILES string of the molecule is CO[C@H]1CCN(c2cc(CC(C)C)cc(C)n2)C1. The van der Waals surface area contributed by atoms with E-state index in [1.807, 2.05) is 0 Å². The average molecular weight is 248 g/mol. The molecule has 2 rings (SSSR count). The fourth-order valence-electron chi connectivity index (χ4n) is 2.60. The molecule has 3 nitrogen and oxygen atoms in total. The number of aryl methyl sites for hydroxylation is 1. The van der Waals surface area contributed by atoms with Gasteiger partial charge >= 0.3 is 0 Å². The fraction of sp³-hybridized carbons (Fsp3) is 0.667. The molecule has 0 N–H and O–H groups in total. The Labute approximate surface area is 110 Å². The third-order valence-electron chi connectivity index (χ3n) is 3.45. The average Bonchev–Trinajstić information content (AvgIpc) is 2.75. The lowest BCUT2D eigenvalue weighted by molar-refractivity contribution is 0.121. The van der Waals surface area contributed by atoms with Crippen molar-refractivity contribution < 1.29 is 4.74 Å². The summed E-state index contributed by atoms with van der Waals surface area (Å²) in [6, 6.07) is 4.44. The Kier molecular flexibility index (Phi) is 4.23. The smallest absolute Gasteiger partial charge is 0.129 e. The molecule has 18 heavy (non-hydrogen) atoms. The lowest BCUT2D eigenvalue weighted by atomic mass is 10.0. The molecule has 2 heterocycles. The summed E-state index contributed by atoms with van der Waals surface area (Å²) in [5.41, 5.74) is 2.51. The van der Waals surface area contributed by atoms with Gasteiger partial charge in [-0.1, -0.05) is 13.8 Å². The summed E-state index contributed by atoms with van der Waals surface area (Å²) < 4.78 is 5.42. The van der Waals surface area contributed by atoms with Crippen molar-refractivity contribution in [3.05, 3.63) is 23.4 Å². The minimum absolute atomic E-state index is 0.362. The first-order chi connectivity index (χ1) is 8.58. The number of hydrogen-bond donors (Lipinski definition) is 0. The van der Waals surface area contributed by atoms with Crippen molar-refractivity contribution in [2.24, 2.45) is 5.92 Å². The summed E-state index contributed by atoms with van der Waals surface area (Å²) in [5.74, 6) is 1.80. The maximum atomic E-state index is 5.42. The van der Waals surface area contributed by atoms with Gasteiger partial charge in [0.05, 0.1) is 6.10 Å². The van der Waals surface area contributed by atoms with Gasteiger partial charge in [-0.3, -0.25) is 0 Å². The van der Waals surface area contributed by atoms with E-state index in [2.05, 4.69) is 42.8 Å². The number of ether oxygens (including phenoxy) is 1. The van der Waals surface area contributed by atoms with Gasteiger partial charge in [0.25, 0.3) is 0 Å². The van der Waals surface area contributed by atoms with Crippen LogP contribution in [0.5, 0.6) is 0 Å². The van der Waals surface area contributed by atoms with Gasteiger partial charge < -0.3 is 9.64 Å². The molecule has 1 aromatic rings. The van der Waals surface area contributed by atoms with E-state index in [0.717, 1.165) is 37.4 Å². The van der Waals surface area contributed by atoms with E-state index in [-0.39, 0.29) is 0 Å². The second-order valence-electron chi connectivity index (χ2n) is 5.67. The van der Waals surface area contributed by atoms with Crippen LogP contribution in [-0.4, -0.2) is 31.3 Å². The third kappa shape index (κ3) is 3.22. The number of aromatic nitrogens is 1. The number of methoxy groups -OCH3 is 1. The van der Waals surface area contributed by atoms with E-state index in [1.165, 1.54) is 5.56 Å². The Morgan fingerprint density at radius 1 is 1.44 bits per heavy atom. The van der Waals surface area contributed by atoms with Crippen LogP contribution in [0.4, 0.5) is 5.82 Å². The van der Waals surface area contributed by atoms with Gasteiger partial charge in [-0.25, -0.2) is 4.98 Å². The van der Waals surface area contributed by atoms with Gasteiger partial charge in [0.1, 0.15) is 5.82 Å². The van der Waals surface area contributed by atoms with Gasteiger partial charge in [-0.05, 0) is 43.4 Å². The first-order valence-electron chi connectivity index (χ1n) is 6.83. The number of rotatable bonds is 4. The molecule has 1 aliphatic rings. The fourth-order valence-corrected chi connectivity index (χ4v) is 2.60. The van der Waals surface area contributed by atoms with Crippen LogP contribution in [0.15, 0.2) is 12.1 Å². The van der Waals surface area contributed by atoms with Gasteiger partial charge in [0.2, 0.25) is 0 Å². The van der Waals surface area contributed by atoms with E-state index in [9.17, 15) is 0 Å². The highest BCUT2D eigenvalue weighted by Crippen LogP contribution is 2.22. The molecule has 3 heteroatoms. The number of anilines is 1. The molecule has 1 aromatic heterocycles. The van der Waals surface area contributed by atoms with Crippen molar-refractivity contribution >= 4 is 5.82 Å². The summed E-state index contributed by atoms with van der Waals surface area (Å²) in [6.45, 7) is 8.61. The Bertz CT molecular complexity index is 403. The van der Waals surface area contributed by atoms with Crippen LogP contribution >= 0.6 is 0 Å². The number of pyridine rings is 1. The second-order valence-corrected chi connectivity index (χ2v) is 5.67. The lowest BCUT2D eigenvalue weighted by Crippen LogP contribution is -2.23. The van der Waals surface area contributed by atoms with Gasteiger partial charge in [-0.2, -0.15) is 0 Å². The number of nitrogens with zero attached hydrogens (tertiary/aromatic N) is 2. The molecule has 0 spiro atoms. The van der Waals surface area contributed by atoms with Crippen molar-refractivity contribution in [2.75, 3.05) is 25.1 Å². The molecule has 0 radical (unpaired) electrons. The summed E-state index contributed by atoms with van der Waals surface area (Å²) in [7, 11) is 1.79. The van der Waals surface area contributed by atoms with Crippen molar-refractivity contribution in [3.8, 4) is 0 Å². The van der Waals surface area contributed by atoms with E-state index in [4.69, 9.17) is 4.74 Å². The van der Waals surface area contributed by atoms with Crippen LogP contribution in [0, 0.1) is 12.8 Å². The van der Waals surface area contributed by atoms with Gasteiger partial charge in [0.15, 0.2) is 0 Å². The zero-order valence-electron chi connectivity index (χ0n) is 11.9. The Balaban J connectivity index is 2.15. The maximum Gasteiger partial charge on any atom is 0.129 e. The summed E-state index contributed by atoms with van der Waals surface area (Å²) in [6.07, 6.45) is 2.59. The highest BCUT2D eigenvalue weighted by molar-refractivity contribution is 5.44. The minimum Gasteiger partial charge on any atom is -0.380 e. The molecular formula is C15H24N2O. The van der Waals surface area contributed by atoms with E-state index in [0.29, 0.717) is 12.0 Å². The first kappa shape index (κ1) is 13.3. The van der Waals surface area contributed by atoms with E-state index >= 15 is 0 Å². The van der Waals surface area contributed by atoms with Crippen LogP contribution in [0.3, 0.4) is 0 Å². The molecule has 0 aromatic carbocycles. The van der Waals surface area contributed by atoms with E-state index in [1.54, 1.807) is 7.11 Å². The second kappa shape index (κ2) is 5.70. The van der Waals surface area contributed by atoms with Crippen LogP contribution in [0.2, 0.25) is 0 Å². The lowest BCUT2D eigenvalue weighted by Gasteiger charge is -2.19. The molecule has 0 amide bonds. The van der Waals surface area contributed by atoms with E-state index < -0.39 is 0 Å². The quantitative estimate of drug-likeness (QED) is 0.819. The molecule has 0 unspecified atom stereocenters. The zero-order chi connectivity index (χ0) is 13.1. The minimum atomic E-state index is 0.362. The largest absolute Gasteiger partial charge is 0.380 e. The van der Waals surface area contributed by atoms with Crippen molar-refractivity contribution in [2.45, 2.75) is 39.7 Å². The summed E-state index contributed by atoms with van der Waals surface area (Å²) in [4.78, 5) is 7.00. The molecule has 0 saturated carbocycles. The summed E-state index contributed by atoms with van der Waals surface area (Å²) in [5, 5.41) is 0. The normalized spacial score (nSPS) is 19.8. The van der Waals surface area contributed by atoms with Crippen molar-refractivity contribution in [1.82, 2.24) is 4.98 Å². The predicted octanol–water partition coefficient (Wildman–Crippen LogP) is 2.81.